The van der Waals surface area contributed by atoms with Crippen molar-refractivity contribution in [3.05, 3.63) is 101 Å². The molecule has 5 rings (SSSR count). The van der Waals surface area contributed by atoms with Crippen LogP contribution in [0.1, 0.15) is 57.4 Å². The highest BCUT2D eigenvalue weighted by Crippen LogP contribution is 2.47. The van der Waals surface area contributed by atoms with Crippen molar-refractivity contribution < 1.29 is 9.59 Å². The molecule has 5 nitrogen and oxygen atoms in total. The summed E-state index contributed by atoms with van der Waals surface area (Å²) in [7, 11) is 0. The Morgan fingerprint density at radius 3 is 2.68 bits per heavy atom. The topological polar surface area (TPSA) is 62.3 Å². The fraction of sp³-hybridized carbons (Fsp3) is 0.269. The van der Waals surface area contributed by atoms with E-state index in [1.54, 1.807) is 12.4 Å². The third-order valence-electron chi connectivity index (χ3n) is 6.17. The molecule has 1 N–H and O–H groups in total. The van der Waals surface area contributed by atoms with Crippen molar-refractivity contribution in [2.75, 3.05) is 0 Å². The predicted octanol–water partition coefficient (Wildman–Crippen LogP) is 4.15. The molecule has 1 saturated carbocycles. The molecule has 1 aliphatic carbocycles. The highest BCUT2D eigenvalue weighted by Gasteiger charge is 2.48. The number of nitrogens with one attached hydrogen (secondary N) is 1. The first-order chi connectivity index (χ1) is 15.1. The van der Waals surface area contributed by atoms with Crippen molar-refractivity contribution in [1.29, 1.82) is 0 Å². The van der Waals surface area contributed by atoms with Crippen molar-refractivity contribution in [2.24, 2.45) is 0 Å². The first kappa shape index (κ1) is 19.5. The molecule has 3 aromatic rings. The van der Waals surface area contributed by atoms with Gasteiger partial charge in [-0.25, -0.2) is 0 Å². The van der Waals surface area contributed by atoms with Gasteiger partial charge < -0.3 is 10.2 Å². The van der Waals surface area contributed by atoms with Gasteiger partial charge in [0.15, 0.2) is 0 Å². The van der Waals surface area contributed by atoms with Crippen LogP contribution in [0.4, 0.5) is 0 Å². The zero-order chi connectivity index (χ0) is 21.4. The van der Waals surface area contributed by atoms with E-state index in [2.05, 4.69) is 16.4 Å². The van der Waals surface area contributed by atoms with Crippen LogP contribution in [0.15, 0.2) is 73.1 Å². The second-order valence-electron chi connectivity index (χ2n) is 8.45. The molecule has 1 aliphatic heterocycles. The van der Waals surface area contributed by atoms with Gasteiger partial charge in [0.25, 0.3) is 5.91 Å². The summed E-state index contributed by atoms with van der Waals surface area (Å²) in [5, 5.41) is 3.10. The molecule has 2 amide bonds. The molecule has 0 unspecified atom stereocenters. The molecule has 0 radical (unpaired) electrons. The average molecular weight is 412 g/mol. The molecule has 2 aliphatic rings. The Morgan fingerprint density at radius 1 is 1.10 bits per heavy atom. The minimum Gasteiger partial charge on any atom is -0.351 e. The minimum absolute atomic E-state index is 0.0286. The lowest BCUT2D eigenvalue weighted by Crippen LogP contribution is -2.48. The Morgan fingerprint density at radius 2 is 1.94 bits per heavy atom. The first-order valence-electron chi connectivity index (χ1n) is 10.8. The number of aromatic nitrogens is 1. The zero-order valence-electron chi connectivity index (χ0n) is 17.5. The van der Waals surface area contributed by atoms with Gasteiger partial charge in [0.05, 0.1) is 12.0 Å². The summed E-state index contributed by atoms with van der Waals surface area (Å²) in [5.41, 5.74) is 4.52. The number of carbonyl (C=O) groups is 2. The van der Waals surface area contributed by atoms with Crippen molar-refractivity contribution in [3.8, 4) is 0 Å². The van der Waals surface area contributed by atoms with E-state index in [1.807, 2.05) is 66.4 Å². The zero-order valence-corrected chi connectivity index (χ0v) is 17.5. The van der Waals surface area contributed by atoms with Crippen LogP contribution in [0, 0.1) is 6.92 Å². The lowest BCUT2D eigenvalue weighted by molar-refractivity contribution is -0.124. The molecule has 2 heterocycles. The number of hydrogen-bond donors (Lipinski definition) is 1. The number of nitrogens with zero attached hydrogens (tertiary/aromatic N) is 2. The maximum atomic E-state index is 13.6. The Bertz CT molecular complexity index is 1120. The number of hydrogen-bond acceptors (Lipinski definition) is 3. The molecular weight excluding hydrogens is 386 g/mol. The average Bonchev–Trinajstić information content (AvgIpc) is 3.63. The fourth-order valence-corrected chi connectivity index (χ4v) is 4.60. The molecule has 0 spiro atoms. The largest absolute Gasteiger partial charge is 0.351 e. The summed E-state index contributed by atoms with van der Waals surface area (Å²) in [6.45, 7) is 2.45. The van der Waals surface area contributed by atoms with Gasteiger partial charge in [-0.05, 0) is 48.6 Å². The minimum atomic E-state index is -0.465. The maximum absolute atomic E-state index is 13.6. The van der Waals surface area contributed by atoms with Gasteiger partial charge in [-0.1, -0.05) is 54.1 Å². The van der Waals surface area contributed by atoms with Crippen LogP contribution in [0.25, 0.3) is 0 Å². The number of pyridine rings is 1. The number of fused-ring (bicyclic) bond motifs is 1. The van der Waals surface area contributed by atoms with E-state index < -0.39 is 5.92 Å². The lowest BCUT2D eigenvalue weighted by Gasteiger charge is -2.42. The maximum Gasteiger partial charge on any atom is 0.254 e. The number of aryl methyl sites for hydroxylation is 1. The molecular formula is C26H25N3O2. The van der Waals surface area contributed by atoms with E-state index >= 15 is 0 Å². The highest BCUT2D eigenvalue weighted by molar-refractivity contribution is 6.01. The third kappa shape index (κ3) is 3.72. The molecule has 2 atom stereocenters. The van der Waals surface area contributed by atoms with Gasteiger partial charge in [0, 0.05) is 30.5 Å². The van der Waals surface area contributed by atoms with Crippen molar-refractivity contribution >= 4 is 11.8 Å². The molecule has 0 bridgehead atoms. The van der Waals surface area contributed by atoms with Crippen LogP contribution < -0.4 is 5.32 Å². The number of benzene rings is 2. The molecule has 1 fully saturated rings. The van der Waals surface area contributed by atoms with Crippen LogP contribution in [-0.4, -0.2) is 27.7 Å². The van der Waals surface area contributed by atoms with Crippen LogP contribution in [0.2, 0.25) is 0 Å². The van der Waals surface area contributed by atoms with E-state index in [0.29, 0.717) is 12.1 Å². The molecule has 0 saturated heterocycles. The van der Waals surface area contributed by atoms with Crippen molar-refractivity contribution in [3.63, 3.8) is 0 Å². The summed E-state index contributed by atoms with van der Waals surface area (Å²) >= 11 is 0. The molecule has 5 heteroatoms. The second-order valence-corrected chi connectivity index (χ2v) is 8.45. The van der Waals surface area contributed by atoms with E-state index in [9.17, 15) is 9.59 Å². The summed E-state index contributed by atoms with van der Waals surface area (Å²) < 4.78 is 0. The van der Waals surface area contributed by atoms with E-state index in [0.717, 1.165) is 35.1 Å². The quantitative estimate of drug-likeness (QED) is 0.686. The lowest BCUT2D eigenvalue weighted by atomic mass is 9.78. The summed E-state index contributed by atoms with van der Waals surface area (Å²) in [5.74, 6) is -0.505. The monoisotopic (exact) mass is 411 g/mol. The van der Waals surface area contributed by atoms with Crippen molar-refractivity contribution in [2.45, 2.75) is 44.3 Å². The van der Waals surface area contributed by atoms with Gasteiger partial charge in [0.2, 0.25) is 5.91 Å². The number of amides is 2. The standard InChI is InChI=1S/C26H25N3O2/c1-17-6-4-8-19(14-17)24-23(25(30)28-16-18-7-5-13-27-15-18)21-9-2-3-10-22(21)26(31)29(24)20-11-12-20/h2-10,13-15,20,23-24H,11-12,16H2,1H3,(H,28,30)/t23-,24+/m0/s1. The van der Waals surface area contributed by atoms with Gasteiger partial charge >= 0.3 is 0 Å². The molecule has 31 heavy (non-hydrogen) atoms. The third-order valence-corrected chi connectivity index (χ3v) is 6.17. The number of rotatable bonds is 5. The summed E-state index contributed by atoms with van der Waals surface area (Å²) in [6, 6.07) is 19.4. The van der Waals surface area contributed by atoms with Gasteiger partial charge in [-0.15, -0.1) is 0 Å². The normalized spacial score (nSPS) is 20.3. The Kier molecular flexibility index (Phi) is 5.02. The van der Waals surface area contributed by atoms with Crippen LogP contribution >= 0.6 is 0 Å². The van der Waals surface area contributed by atoms with E-state index in [4.69, 9.17) is 0 Å². The molecule has 1 aromatic heterocycles. The van der Waals surface area contributed by atoms with Gasteiger partial charge in [-0.3, -0.25) is 14.6 Å². The first-order valence-corrected chi connectivity index (χ1v) is 10.8. The predicted molar refractivity (Wildman–Crippen MR) is 118 cm³/mol. The van der Waals surface area contributed by atoms with Crippen LogP contribution in [0.5, 0.6) is 0 Å². The van der Waals surface area contributed by atoms with Crippen molar-refractivity contribution in [1.82, 2.24) is 15.2 Å². The Balaban J connectivity index is 1.58. The SMILES string of the molecule is Cc1cccc([C@@H]2[C@@H](C(=O)NCc3cccnc3)c3ccccc3C(=O)N2C2CC2)c1. The smallest absolute Gasteiger partial charge is 0.254 e. The Labute approximate surface area is 182 Å². The molecule has 156 valence electrons. The fourth-order valence-electron chi connectivity index (χ4n) is 4.60. The van der Waals surface area contributed by atoms with Gasteiger partial charge in [0.1, 0.15) is 0 Å². The Hall–Kier alpha value is -3.47. The second kappa shape index (κ2) is 7.99. The van der Waals surface area contributed by atoms with Gasteiger partial charge in [-0.2, -0.15) is 0 Å². The van der Waals surface area contributed by atoms with E-state index in [-0.39, 0.29) is 23.9 Å². The van der Waals surface area contributed by atoms with Crippen LogP contribution in [0.3, 0.4) is 0 Å². The van der Waals surface area contributed by atoms with Crippen LogP contribution in [-0.2, 0) is 11.3 Å². The summed E-state index contributed by atoms with van der Waals surface area (Å²) in [4.78, 5) is 33.2. The summed E-state index contributed by atoms with van der Waals surface area (Å²) in [6.07, 6.45) is 5.45. The highest BCUT2D eigenvalue weighted by atomic mass is 16.2. The van der Waals surface area contributed by atoms with E-state index in [1.165, 1.54) is 0 Å². The number of carbonyl (C=O) groups excluding carboxylic acids is 2. The molecule has 2 aromatic carbocycles.